The first-order valence-electron chi connectivity index (χ1n) is 3.49. The molecule has 0 aromatic carbocycles. The van der Waals surface area contributed by atoms with Gasteiger partial charge in [0, 0.05) is 31.4 Å². The van der Waals surface area contributed by atoms with Crippen molar-refractivity contribution in [2.75, 3.05) is 14.1 Å². The fourth-order valence-electron chi connectivity index (χ4n) is 0.598. The Kier molecular flexibility index (Phi) is 3.49. The molecule has 0 amide bonds. The van der Waals surface area contributed by atoms with Gasteiger partial charge in [0.2, 0.25) is 0 Å². The second-order valence-corrected chi connectivity index (χ2v) is 4.15. The Morgan fingerprint density at radius 2 is 2.00 bits per heavy atom. The average molecular weight is 198 g/mol. The minimum absolute atomic E-state index is 0.862. The zero-order chi connectivity index (χ0) is 8.97. The number of pyridine rings is 1. The van der Waals surface area contributed by atoms with E-state index in [0.29, 0.717) is 0 Å². The first-order valence-corrected chi connectivity index (χ1v) is 4.72. The normalized spacial score (nSPS) is 9.50. The molecule has 0 spiro atoms. The third-order valence-corrected chi connectivity index (χ3v) is 2.88. The standard InChI is InChI=1S/C8H10N2S2/c1-10(2)8(11)12-7-3-5-9-6-4-7/h3-6H,1-2H3. The molecule has 0 aliphatic heterocycles. The Hall–Kier alpha value is -0.610. The Bertz CT molecular complexity index is 259. The van der Waals surface area contributed by atoms with Crippen LogP contribution in [0.3, 0.4) is 0 Å². The van der Waals surface area contributed by atoms with Crippen molar-refractivity contribution in [1.82, 2.24) is 9.88 Å². The van der Waals surface area contributed by atoms with Crippen molar-refractivity contribution in [3.8, 4) is 0 Å². The van der Waals surface area contributed by atoms with E-state index in [1.165, 1.54) is 0 Å². The van der Waals surface area contributed by atoms with Crippen molar-refractivity contribution in [1.29, 1.82) is 0 Å². The topological polar surface area (TPSA) is 16.1 Å². The number of rotatable bonds is 1. The summed E-state index contributed by atoms with van der Waals surface area (Å²) in [4.78, 5) is 6.97. The molecule has 0 aliphatic rings. The van der Waals surface area contributed by atoms with Crippen LogP contribution in [0.15, 0.2) is 29.4 Å². The molecule has 64 valence electrons. The van der Waals surface area contributed by atoms with Crippen molar-refractivity contribution in [2.45, 2.75) is 4.90 Å². The quantitative estimate of drug-likeness (QED) is 0.506. The number of aromatic nitrogens is 1. The highest BCUT2D eigenvalue weighted by molar-refractivity contribution is 8.22. The minimum Gasteiger partial charge on any atom is -0.363 e. The summed E-state index contributed by atoms with van der Waals surface area (Å²) in [6.45, 7) is 0. The highest BCUT2D eigenvalue weighted by Gasteiger charge is 2.00. The van der Waals surface area contributed by atoms with Crippen LogP contribution in [-0.4, -0.2) is 28.3 Å². The first kappa shape index (κ1) is 9.48. The van der Waals surface area contributed by atoms with Crippen LogP contribution in [0.2, 0.25) is 0 Å². The van der Waals surface area contributed by atoms with Crippen molar-refractivity contribution in [3.63, 3.8) is 0 Å². The van der Waals surface area contributed by atoms with Gasteiger partial charge in [0.15, 0.2) is 0 Å². The summed E-state index contributed by atoms with van der Waals surface area (Å²) < 4.78 is 0.862. The molecule has 1 aromatic rings. The molecule has 0 atom stereocenters. The third kappa shape index (κ3) is 2.79. The fraction of sp³-hybridized carbons (Fsp3) is 0.250. The van der Waals surface area contributed by atoms with Crippen LogP contribution in [0.4, 0.5) is 0 Å². The maximum absolute atomic E-state index is 5.13. The van der Waals surface area contributed by atoms with Gasteiger partial charge >= 0.3 is 0 Å². The molecule has 2 nitrogen and oxygen atoms in total. The zero-order valence-corrected chi connectivity index (χ0v) is 8.65. The molecule has 0 fully saturated rings. The van der Waals surface area contributed by atoms with Crippen LogP contribution >= 0.6 is 24.0 Å². The Morgan fingerprint density at radius 1 is 1.42 bits per heavy atom. The molecule has 0 aliphatic carbocycles. The van der Waals surface area contributed by atoms with Crippen LogP contribution in [0.5, 0.6) is 0 Å². The summed E-state index contributed by atoms with van der Waals surface area (Å²) in [5.41, 5.74) is 0. The Morgan fingerprint density at radius 3 is 2.50 bits per heavy atom. The second-order valence-electron chi connectivity index (χ2n) is 2.45. The van der Waals surface area contributed by atoms with Gasteiger partial charge in [0.1, 0.15) is 4.32 Å². The van der Waals surface area contributed by atoms with Crippen LogP contribution in [-0.2, 0) is 0 Å². The predicted octanol–water partition coefficient (Wildman–Crippen LogP) is 2.02. The van der Waals surface area contributed by atoms with E-state index in [4.69, 9.17) is 12.2 Å². The lowest BCUT2D eigenvalue weighted by atomic mass is 10.5. The minimum atomic E-state index is 0.862. The van der Waals surface area contributed by atoms with E-state index in [9.17, 15) is 0 Å². The number of thiocarbonyl (C=S) groups is 1. The van der Waals surface area contributed by atoms with Gasteiger partial charge in [-0.25, -0.2) is 0 Å². The molecule has 0 bridgehead atoms. The predicted molar refractivity (Wildman–Crippen MR) is 56.4 cm³/mol. The molecule has 0 saturated heterocycles. The van der Waals surface area contributed by atoms with Crippen molar-refractivity contribution in [3.05, 3.63) is 24.5 Å². The summed E-state index contributed by atoms with van der Waals surface area (Å²) >= 11 is 6.70. The van der Waals surface area contributed by atoms with Crippen molar-refractivity contribution in [2.24, 2.45) is 0 Å². The summed E-state index contributed by atoms with van der Waals surface area (Å²) in [6, 6.07) is 3.89. The molecule has 1 heterocycles. The number of hydrogen-bond acceptors (Lipinski definition) is 3. The second kappa shape index (κ2) is 4.42. The molecule has 1 aromatic heterocycles. The SMILES string of the molecule is CN(C)C(=S)Sc1ccncc1. The van der Waals surface area contributed by atoms with Gasteiger partial charge in [-0.3, -0.25) is 4.98 Å². The van der Waals surface area contributed by atoms with Gasteiger partial charge in [-0.15, -0.1) is 0 Å². The smallest absolute Gasteiger partial charge is 0.140 e. The van der Waals surface area contributed by atoms with E-state index in [2.05, 4.69) is 4.98 Å². The molecular weight excluding hydrogens is 188 g/mol. The summed E-state index contributed by atoms with van der Waals surface area (Å²) in [7, 11) is 3.88. The zero-order valence-electron chi connectivity index (χ0n) is 7.02. The van der Waals surface area contributed by atoms with E-state index in [0.717, 1.165) is 9.22 Å². The molecule has 4 heteroatoms. The lowest BCUT2D eigenvalue weighted by molar-refractivity contribution is 0.648. The lowest BCUT2D eigenvalue weighted by Gasteiger charge is -2.11. The molecular formula is C8H10N2S2. The van der Waals surface area contributed by atoms with Gasteiger partial charge in [0.05, 0.1) is 0 Å². The largest absolute Gasteiger partial charge is 0.363 e. The highest BCUT2D eigenvalue weighted by Crippen LogP contribution is 2.18. The van der Waals surface area contributed by atoms with Crippen molar-refractivity contribution < 1.29 is 0 Å². The average Bonchev–Trinajstić information content (AvgIpc) is 2.06. The van der Waals surface area contributed by atoms with Crippen molar-refractivity contribution >= 4 is 28.3 Å². The van der Waals surface area contributed by atoms with Crippen LogP contribution in [0.25, 0.3) is 0 Å². The number of nitrogens with zero attached hydrogens (tertiary/aromatic N) is 2. The Labute approximate surface area is 82.0 Å². The van der Waals surface area contributed by atoms with Crippen LogP contribution in [0.1, 0.15) is 0 Å². The van der Waals surface area contributed by atoms with E-state index >= 15 is 0 Å². The van der Waals surface area contributed by atoms with E-state index in [1.807, 2.05) is 31.1 Å². The maximum atomic E-state index is 5.13. The molecule has 12 heavy (non-hydrogen) atoms. The first-order chi connectivity index (χ1) is 5.70. The molecule has 0 saturated carbocycles. The van der Waals surface area contributed by atoms with Gasteiger partial charge in [-0.2, -0.15) is 0 Å². The molecule has 0 N–H and O–H groups in total. The van der Waals surface area contributed by atoms with E-state index < -0.39 is 0 Å². The van der Waals surface area contributed by atoms with Crippen LogP contribution in [0, 0.1) is 0 Å². The monoisotopic (exact) mass is 198 g/mol. The highest BCUT2D eigenvalue weighted by atomic mass is 32.2. The van der Waals surface area contributed by atoms with Crippen LogP contribution < -0.4 is 0 Å². The number of thioether (sulfide) groups is 1. The lowest BCUT2D eigenvalue weighted by Crippen LogP contribution is -2.15. The van der Waals surface area contributed by atoms with Gasteiger partial charge in [-0.1, -0.05) is 24.0 Å². The van der Waals surface area contributed by atoms with Gasteiger partial charge in [0.25, 0.3) is 0 Å². The third-order valence-electron chi connectivity index (χ3n) is 1.22. The molecule has 0 radical (unpaired) electrons. The summed E-state index contributed by atoms with van der Waals surface area (Å²) in [5.74, 6) is 0. The van der Waals surface area contributed by atoms with E-state index in [-0.39, 0.29) is 0 Å². The van der Waals surface area contributed by atoms with Gasteiger partial charge in [-0.05, 0) is 12.1 Å². The molecule has 0 unspecified atom stereocenters. The summed E-state index contributed by atoms with van der Waals surface area (Å²) in [5, 5.41) is 0. The van der Waals surface area contributed by atoms with E-state index in [1.54, 1.807) is 24.2 Å². The summed E-state index contributed by atoms with van der Waals surface area (Å²) in [6.07, 6.45) is 3.53. The fourth-order valence-corrected chi connectivity index (χ4v) is 1.53. The number of hydrogen-bond donors (Lipinski definition) is 0. The Balaban J connectivity index is 2.59. The molecule has 1 rings (SSSR count). The maximum Gasteiger partial charge on any atom is 0.140 e. The van der Waals surface area contributed by atoms with Gasteiger partial charge < -0.3 is 4.90 Å².